The second-order valence-electron chi connectivity index (χ2n) is 4.09. The summed E-state index contributed by atoms with van der Waals surface area (Å²) in [5, 5.41) is 21.0. The normalized spacial score (nSPS) is 9.47. The van der Waals surface area contributed by atoms with Crippen LogP contribution < -0.4 is 5.32 Å². The molecule has 0 aliphatic rings. The van der Waals surface area contributed by atoms with E-state index in [1.165, 1.54) is 12.1 Å². The second-order valence-corrected chi connectivity index (χ2v) is 4.09. The average Bonchev–Trinajstić information content (AvgIpc) is 2.41. The van der Waals surface area contributed by atoms with Crippen molar-refractivity contribution in [2.75, 3.05) is 5.32 Å². The summed E-state index contributed by atoms with van der Waals surface area (Å²) in [6.07, 6.45) is 0. The van der Waals surface area contributed by atoms with Crippen molar-refractivity contribution in [3.8, 4) is 12.1 Å². The third-order valence-electron chi connectivity index (χ3n) is 2.67. The maximum atomic E-state index is 13.1. The summed E-state index contributed by atoms with van der Waals surface area (Å²) in [4.78, 5) is 0. The summed E-state index contributed by atoms with van der Waals surface area (Å²) in [6, 6.07) is 13.2. The number of rotatable bonds is 2. The Balaban J connectivity index is 2.45. The zero-order chi connectivity index (χ0) is 13.8. The van der Waals surface area contributed by atoms with Crippen LogP contribution in [0.5, 0.6) is 0 Å². The minimum Gasteiger partial charge on any atom is -0.353 e. The van der Waals surface area contributed by atoms with E-state index in [-0.39, 0.29) is 5.56 Å². The van der Waals surface area contributed by atoms with Crippen LogP contribution in [0.25, 0.3) is 0 Å². The highest BCUT2D eigenvalue weighted by molar-refractivity contribution is 5.71. The monoisotopic (exact) mass is 251 g/mol. The molecule has 0 aromatic heterocycles. The minimum atomic E-state index is -0.466. The van der Waals surface area contributed by atoms with E-state index >= 15 is 0 Å². The number of anilines is 2. The zero-order valence-electron chi connectivity index (χ0n) is 10.2. The molecule has 0 amide bonds. The number of nitriles is 2. The smallest absolute Gasteiger partial charge is 0.124 e. The van der Waals surface area contributed by atoms with Crippen molar-refractivity contribution >= 4 is 11.4 Å². The maximum Gasteiger partial charge on any atom is 0.124 e. The molecule has 0 bridgehead atoms. The van der Waals surface area contributed by atoms with E-state index in [9.17, 15) is 4.39 Å². The van der Waals surface area contributed by atoms with Gasteiger partial charge >= 0.3 is 0 Å². The van der Waals surface area contributed by atoms with Crippen molar-refractivity contribution in [2.45, 2.75) is 6.92 Å². The molecule has 0 unspecified atom stereocenters. The lowest BCUT2D eigenvalue weighted by atomic mass is 10.1. The summed E-state index contributed by atoms with van der Waals surface area (Å²) in [5.74, 6) is -0.466. The Morgan fingerprint density at radius 2 is 1.68 bits per heavy atom. The quantitative estimate of drug-likeness (QED) is 0.886. The van der Waals surface area contributed by atoms with Crippen LogP contribution in [0.3, 0.4) is 0 Å². The van der Waals surface area contributed by atoms with Crippen molar-refractivity contribution < 1.29 is 4.39 Å². The number of benzene rings is 2. The van der Waals surface area contributed by atoms with Crippen LogP contribution in [0, 0.1) is 35.4 Å². The molecule has 2 aromatic rings. The van der Waals surface area contributed by atoms with Gasteiger partial charge in [-0.15, -0.1) is 0 Å². The number of aryl methyl sites for hydroxylation is 1. The van der Waals surface area contributed by atoms with E-state index in [1.54, 1.807) is 6.07 Å². The van der Waals surface area contributed by atoms with E-state index < -0.39 is 5.82 Å². The molecule has 0 saturated carbocycles. The first-order valence-corrected chi connectivity index (χ1v) is 5.61. The standard InChI is InChI=1S/C15H10FN3/c1-10-2-3-11(8-17)15(6-10)19-14-5-4-13(16)7-12(14)9-18/h2-7,19H,1H3. The molecule has 0 aliphatic carbocycles. The van der Waals surface area contributed by atoms with Crippen LogP contribution in [-0.2, 0) is 0 Å². The molecule has 0 saturated heterocycles. The highest BCUT2D eigenvalue weighted by Crippen LogP contribution is 2.24. The fourth-order valence-corrected chi connectivity index (χ4v) is 1.72. The van der Waals surface area contributed by atoms with Gasteiger partial charge in [0.1, 0.15) is 18.0 Å². The lowest BCUT2D eigenvalue weighted by Crippen LogP contribution is -1.97. The molecule has 19 heavy (non-hydrogen) atoms. The Kier molecular flexibility index (Phi) is 3.45. The van der Waals surface area contributed by atoms with Crippen molar-refractivity contribution in [2.24, 2.45) is 0 Å². The average molecular weight is 251 g/mol. The fraction of sp³-hybridized carbons (Fsp3) is 0.0667. The van der Waals surface area contributed by atoms with Crippen LogP contribution in [0.4, 0.5) is 15.8 Å². The van der Waals surface area contributed by atoms with E-state index in [0.29, 0.717) is 16.9 Å². The van der Waals surface area contributed by atoms with Crippen molar-refractivity contribution in [1.82, 2.24) is 0 Å². The Labute approximate surface area is 110 Å². The maximum absolute atomic E-state index is 13.1. The van der Waals surface area contributed by atoms with Gasteiger partial charge in [-0.2, -0.15) is 10.5 Å². The number of halogens is 1. The largest absolute Gasteiger partial charge is 0.353 e. The molecular weight excluding hydrogens is 241 g/mol. The van der Waals surface area contributed by atoms with Crippen LogP contribution in [0.15, 0.2) is 36.4 Å². The van der Waals surface area contributed by atoms with Gasteiger partial charge in [0.05, 0.1) is 22.5 Å². The Morgan fingerprint density at radius 3 is 2.37 bits per heavy atom. The van der Waals surface area contributed by atoms with Crippen LogP contribution in [0.1, 0.15) is 16.7 Å². The highest BCUT2D eigenvalue weighted by atomic mass is 19.1. The topological polar surface area (TPSA) is 59.6 Å². The van der Waals surface area contributed by atoms with Crippen LogP contribution >= 0.6 is 0 Å². The fourth-order valence-electron chi connectivity index (χ4n) is 1.72. The second kappa shape index (κ2) is 5.20. The molecule has 0 spiro atoms. The molecule has 4 heteroatoms. The summed E-state index contributed by atoms with van der Waals surface area (Å²) >= 11 is 0. The van der Waals surface area contributed by atoms with E-state index in [4.69, 9.17) is 10.5 Å². The summed E-state index contributed by atoms with van der Waals surface area (Å²) in [7, 11) is 0. The lowest BCUT2D eigenvalue weighted by Gasteiger charge is -2.10. The predicted octanol–water partition coefficient (Wildman–Crippen LogP) is 3.62. The third-order valence-corrected chi connectivity index (χ3v) is 2.67. The first kappa shape index (κ1) is 12.6. The van der Waals surface area contributed by atoms with E-state index in [0.717, 1.165) is 11.6 Å². The van der Waals surface area contributed by atoms with Crippen molar-refractivity contribution in [3.05, 3.63) is 58.9 Å². The molecule has 0 atom stereocenters. The summed E-state index contributed by atoms with van der Waals surface area (Å²) in [6.45, 7) is 1.90. The van der Waals surface area contributed by atoms with Gasteiger partial charge in [-0.25, -0.2) is 4.39 Å². The van der Waals surface area contributed by atoms with Gasteiger partial charge in [-0.3, -0.25) is 0 Å². The SMILES string of the molecule is Cc1ccc(C#N)c(Nc2ccc(F)cc2C#N)c1. The molecule has 3 nitrogen and oxygen atoms in total. The Morgan fingerprint density at radius 1 is 0.947 bits per heavy atom. The van der Waals surface area contributed by atoms with Crippen molar-refractivity contribution in [1.29, 1.82) is 10.5 Å². The Hall–Kier alpha value is -2.85. The van der Waals surface area contributed by atoms with Crippen LogP contribution in [-0.4, -0.2) is 0 Å². The lowest BCUT2D eigenvalue weighted by molar-refractivity contribution is 0.627. The minimum absolute atomic E-state index is 0.199. The first-order chi connectivity index (χ1) is 9.13. The summed E-state index contributed by atoms with van der Waals surface area (Å²) in [5.41, 5.74) is 2.74. The first-order valence-electron chi connectivity index (χ1n) is 5.61. The highest BCUT2D eigenvalue weighted by Gasteiger charge is 2.07. The van der Waals surface area contributed by atoms with Gasteiger partial charge in [-0.05, 0) is 42.8 Å². The van der Waals surface area contributed by atoms with Crippen LogP contribution in [0.2, 0.25) is 0 Å². The molecule has 0 fully saturated rings. The number of nitrogens with zero attached hydrogens (tertiary/aromatic N) is 2. The molecule has 0 radical (unpaired) electrons. The predicted molar refractivity (Wildman–Crippen MR) is 70.3 cm³/mol. The molecule has 2 aromatic carbocycles. The van der Waals surface area contributed by atoms with E-state index in [1.807, 2.05) is 25.1 Å². The number of nitrogens with one attached hydrogen (secondary N) is 1. The third kappa shape index (κ3) is 2.70. The van der Waals surface area contributed by atoms with Gasteiger partial charge in [0.15, 0.2) is 0 Å². The van der Waals surface area contributed by atoms with Crippen molar-refractivity contribution in [3.63, 3.8) is 0 Å². The Bertz CT molecular complexity index is 708. The van der Waals surface area contributed by atoms with E-state index in [2.05, 4.69) is 11.4 Å². The molecular formula is C15H10FN3. The molecule has 0 aliphatic heterocycles. The van der Waals surface area contributed by atoms with Gasteiger partial charge in [0.2, 0.25) is 0 Å². The van der Waals surface area contributed by atoms with Gasteiger partial charge < -0.3 is 5.32 Å². The molecule has 1 N–H and O–H groups in total. The summed E-state index contributed by atoms with van der Waals surface area (Å²) < 4.78 is 13.1. The number of hydrogen-bond acceptors (Lipinski definition) is 3. The molecule has 92 valence electrons. The zero-order valence-corrected chi connectivity index (χ0v) is 10.2. The molecule has 0 heterocycles. The van der Waals surface area contributed by atoms with Gasteiger partial charge in [-0.1, -0.05) is 6.07 Å². The number of hydrogen-bond donors (Lipinski definition) is 1. The van der Waals surface area contributed by atoms with Gasteiger partial charge in [0, 0.05) is 0 Å². The molecule has 2 rings (SSSR count). The van der Waals surface area contributed by atoms with Gasteiger partial charge in [0.25, 0.3) is 0 Å².